The first kappa shape index (κ1) is 25.4. The molecule has 0 aromatic rings. The summed E-state index contributed by atoms with van der Waals surface area (Å²) in [4.78, 5) is 0. The van der Waals surface area contributed by atoms with Crippen molar-refractivity contribution in [2.45, 2.75) is 116 Å². The molecule has 188 valence electrons. The van der Waals surface area contributed by atoms with E-state index >= 15 is 0 Å². The van der Waals surface area contributed by atoms with Crippen LogP contribution in [0.5, 0.6) is 0 Å². The van der Waals surface area contributed by atoms with Crippen molar-refractivity contribution < 1.29 is 20.4 Å². The van der Waals surface area contributed by atoms with E-state index in [2.05, 4.69) is 40.3 Å². The molecule has 4 rings (SSSR count). The Bertz CT molecular complexity index is 757. The summed E-state index contributed by atoms with van der Waals surface area (Å²) in [6, 6.07) is 0. The van der Waals surface area contributed by atoms with E-state index in [9.17, 15) is 20.4 Å². The van der Waals surface area contributed by atoms with Gasteiger partial charge in [-0.3, -0.25) is 0 Å². The maximum Gasteiger partial charge on any atom is 0.0811 e. The van der Waals surface area contributed by atoms with Crippen molar-refractivity contribution in [2.24, 2.45) is 40.4 Å². The van der Waals surface area contributed by atoms with Crippen LogP contribution in [0.15, 0.2) is 23.8 Å². The smallest absolute Gasteiger partial charge is 0.0811 e. The molecule has 0 aromatic carbocycles. The Labute approximate surface area is 201 Å². The molecule has 0 spiro atoms. The molecule has 33 heavy (non-hydrogen) atoms. The van der Waals surface area contributed by atoms with E-state index in [0.717, 1.165) is 30.4 Å². The fourth-order valence-corrected chi connectivity index (χ4v) is 8.53. The Hall–Kier alpha value is -0.680. The van der Waals surface area contributed by atoms with Crippen molar-refractivity contribution in [2.75, 3.05) is 0 Å². The van der Waals surface area contributed by atoms with Crippen molar-refractivity contribution in [3.8, 4) is 0 Å². The van der Waals surface area contributed by atoms with Gasteiger partial charge in [-0.05, 0) is 97.0 Å². The highest BCUT2D eigenvalue weighted by molar-refractivity contribution is 5.34. The highest BCUT2D eigenvalue weighted by Crippen LogP contribution is 2.61. The minimum Gasteiger partial charge on any atom is -0.393 e. The van der Waals surface area contributed by atoms with Gasteiger partial charge in [0, 0.05) is 12.3 Å². The quantitative estimate of drug-likeness (QED) is 0.465. The molecule has 6 unspecified atom stereocenters. The van der Waals surface area contributed by atoms with Crippen LogP contribution in [0.25, 0.3) is 0 Å². The Morgan fingerprint density at radius 2 is 1.79 bits per heavy atom. The zero-order valence-electron chi connectivity index (χ0n) is 21.3. The number of hydrogen-bond acceptors (Lipinski definition) is 4. The van der Waals surface area contributed by atoms with E-state index in [0.29, 0.717) is 30.6 Å². The maximum atomic E-state index is 11.4. The second-order valence-electron chi connectivity index (χ2n) is 13.0. The summed E-state index contributed by atoms with van der Waals surface area (Å²) < 4.78 is 0. The Balaban J connectivity index is 1.45. The third-order valence-electron chi connectivity index (χ3n) is 10.7. The summed E-state index contributed by atoms with van der Waals surface area (Å²) >= 11 is 0. The predicted octanol–water partition coefficient (Wildman–Crippen LogP) is 5.00. The first-order chi connectivity index (χ1) is 15.5. The fraction of sp³-hybridized carbons (Fsp3) is 0.862. The molecule has 0 aromatic heterocycles. The van der Waals surface area contributed by atoms with Crippen LogP contribution in [-0.2, 0) is 0 Å². The van der Waals surface area contributed by atoms with Gasteiger partial charge in [-0.25, -0.2) is 0 Å². The van der Waals surface area contributed by atoms with Gasteiger partial charge in [0.05, 0.1) is 24.4 Å². The first-order valence-corrected chi connectivity index (χ1v) is 13.6. The van der Waals surface area contributed by atoms with E-state index in [4.69, 9.17) is 0 Å². The summed E-state index contributed by atoms with van der Waals surface area (Å²) in [6.45, 7) is 13.0. The standard InChI is InChI=1S/C29H48O4/c1-17-20(15-21(30)16-25(17)31)9-8-19-7-6-13-29(5)23(10-11-24(19)29)18(2)26(32)22-12-14-28(3,4)27(22)33/h9,18-19,21-27,30-33H,1,6-8,10-16H2,2-5H3/b20-9-/t18-,19?,21+,22?,23+,24?,25-,26?,27?,29?/m0/s1. The average molecular weight is 461 g/mol. The normalized spacial score (nSPS) is 46.4. The minimum absolute atomic E-state index is 0.00283. The number of hydrogen-bond donors (Lipinski definition) is 4. The lowest BCUT2D eigenvalue weighted by Crippen LogP contribution is -2.45. The van der Waals surface area contributed by atoms with Gasteiger partial charge in [-0.2, -0.15) is 0 Å². The minimum atomic E-state index is -0.620. The van der Waals surface area contributed by atoms with Gasteiger partial charge in [0.1, 0.15) is 0 Å². The summed E-state index contributed by atoms with van der Waals surface area (Å²) in [5.74, 6) is 1.97. The Morgan fingerprint density at radius 3 is 2.45 bits per heavy atom. The second-order valence-corrected chi connectivity index (χ2v) is 13.0. The predicted molar refractivity (Wildman–Crippen MR) is 132 cm³/mol. The SMILES string of the molecule is C=C1/C(=C\CC2CCCC3(C)C2CC[C@@H]3[C@H](C)C(O)C2CCC(C)(C)C2O)C[C@@H](O)C[C@@H]1O. The van der Waals surface area contributed by atoms with Crippen LogP contribution in [0.1, 0.15) is 91.9 Å². The molecule has 10 atom stereocenters. The van der Waals surface area contributed by atoms with Gasteiger partial charge in [0.2, 0.25) is 0 Å². The maximum absolute atomic E-state index is 11.4. The summed E-state index contributed by atoms with van der Waals surface area (Å²) in [5, 5.41) is 42.5. The monoisotopic (exact) mass is 460 g/mol. The summed E-state index contributed by atoms with van der Waals surface area (Å²) in [7, 11) is 0. The topological polar surface area (TPSA) is 80.9 Å². The third-order valence-corrected chi connectivity index (χ3v) is 10.7. The van der Waals surface area contributed by atoms with Gasteiger partial charge in [0.15, 0.2) is 0 Å². The Morgan fingerprint density at radius 1 is 1.06 bits per heavy atom. The van der Waals surface area contributed by atoms with Crippen LogP contribution in [-0.4, -0.2) is 44.8 Å². The fourth-order valence-electron chi connectivity index (χ4n) is 8.53. The molecule has 0 heterocycles. The highest BCUT2D eigenvalue weighted by Gasteiger charge is 2.55. The van der Waals surface area contributed by atoms with E-state index in [1.807, 2.05) is 0 Å². The van der Waals surface area contributed by atoms with Gasteiger partial charge in [-0.1, -0.05) is 46.8 Å². The van der Waals surface area contributed by atoms with E-state index in [-0.39, 0.29) is 22.7 Å². The van der Waals surface area contributed by atoms with Gasteiger partial charge in [-0.15, -0.1) is 0 Å². The Kier molecular flexibility index (Phi) is 7.25. The first-order valence-electron chi connectivity index (χ1n) is 13.6. The van der Waals surface area contributed by atoms with Crippen molar-refractivity contribution >= 4 is 0 Å². The number of aliphatic hydroxyl groups is 4. The molecule has 4 fully saturated rings. The molecular formula is C29H48O4. The van der Waals surface area contributed by atoms with E-state index in [1.165, 1.54) is 32.1 Å². The lowest BCUT2D eigenvalue weighted by Gasteiger charge is -2.48. The average Bonchev–Trinajstić information content (AvgIpc) is 3.24. The van der Waals surface area contributed by atoms with Crippen LogP contribution in [0.4, 0.5) is 0 Å². The molecule has 4 N–H and O–H groups in total. The van der Waals surface area contributed by atoms with Crippen molar-refractivity contribution in [3.63, 3.8) is 0 Å². The van der Waals surface area contributed by atoms with Crippen molar-refractivity contribution in [1.82, 2.24) is 0 Å². The number of rotatable bonds is 5. The molecule has 4 aliphatic rings. The van der Waals surface area contributed by atoms with Crippen LogP contribution in [0.2, 0.25) is 0 Å². The van der Waals surface area contributed by atoms with Crippen LogP contribution >= 0.6 is 0 Å². The summed E-state index contributed by atoms with van der Waals surface area (Å²) in [6.07, 6.45) is 10.3. The van der Waals surface area contributed by atoms with Gasteiger partial charge in [0.25, 0.3) is 0 Å². The largest absolute Gasteiger partial charge is 0.393 e. The van der Waals surface area contributed by atoms with E-state index in [1.54, 1.807) is 0 Å². The molecule has 0 aliphatic heterocycles. The molecule has 4 heteroatoms. The molecule has 0 saturated heterocycles. The molecule has 0 amide bonds. The lowest BCUT2D eigenvalue weighted by atomic mass is 9.58. The molecular weight excluding hydrogens is 412 g/mol. The zero-order valence-corrected chi connectivity index (χ0v) is 21.3. The zero-order chi connectivity index (χ0) is 24.1. The van der Waals surface area contributed by atoms with Gasteiger partial charge >= 0.3 is 0 Å². The number of allylic oxidation sites excluding steroid dienone is 1. The lowest BCUT2D eigenvalue weighted by molar-refractivity contribution is -0.0639. The van der Waals surface area contributed by atoms with Crippen molar-refractivity contribution in [3.05, 3.63) is 23.8 Å². The molecule has 0 radical (unpaired) electrons. The third kappa shape index (κ3) is 4.62. The van der Waals surface area contributed by atoms with Gasteiger partial charge < -0.3 is 20.4 Å². The molecule has 4 aliphatic carbocycles. The highest BCUT2D eigenvalue weighted by atomic mass is 16.3. The van der Waals surface area contributed by atoms with Crippen LogP contribution in [0, 0.1) is 40.4 Å². The molecule has 4 saturated carbocycles. The number of fused-ring (bicyclic) bond motifs is 1. The second kappa shape index (κ2) is 9.41. The number of aliphatic hydroxyl groups excluding tert-OH is 4. The van der Waals surface area contributed by atoms with Crippen molar-refractivity contribution in [1.29, 1.82) is 0 Å². The van der Waals surface area contributed by atoms with Crippen LogP contribution < -0.4 is 0 Å². The molecule has 4 nitrogen and oxygen atoms in total. The summed E-state index contributed by atoms with van der Waals surface area (Å²) in [5.41, 5.74) is 1.98. The van der Waals surface area contributed by atoms with E-state index < -0.39 is 24.4 Å². The molecule has 0 bridgehead atoms. The van der Waals surface area contributed by atoms with Crippen LogP contribution in [0.3, 0.4) is 0 Å².